The zero-order valence-corrected chi connectivity index (χ0v) is 13.9. The van der Waals surface area contributed by atoms with Crippen molar-refractivity contribution < 1.29 is 9.47 Å². The molecule has 0 aromatic rings. The lowest BCUT2D eigenvalue weighted by molar-refractivity contribution is 0.153. The molecule has 0 unspecified atom stereocenters. The molecule has 0 N–H and O–H groups in total. The number of hydrogen-bond donors (Lipinski definition) is 0. The van der Waals surface area contributed by atoms with Gasteiger partial charge >= 0.3 is 0 Å². The second-order valence-electron chi connectivity index (χ2n) is 5.19. The van der Waals surface area contributed by atoms with E-state index in [-0.39, 0.29) is 0 Å². The first-order valence-corrected chi connectivity index (χ1v) is 8.23. The second-order valence-corrected chi connectivity index (χ2v) is 5.19. The van der Waals surface area contributed by atoms with Crippen LogP contribution in [-0.2, 0) is 9.47 Å². The van der Waals surface area contributed by atoms with Crippen LogP contribution in [0.5, 0.6) is 0 Å². The van der Waals surface area contributed by atoms with E-state index in [9.17, 15) is 0 Å². The lowest BCUT2D eigenvalue weighted by atomic mass is 10.2. The Labute approximate surface area is 144 Å². The van der Waals surface area contributed by atoms with E-state index in [0.29, 0.717) is 6.61 Å². The van der Waals surface area contributed by atoms with Crippen molar-refractivity contribution in [3.8, 4) is 0 Å². The van der Waals surface area contributed by atoms with Crippen LogP contribution >= 0.6 is 0 Å². The van der Waals surface area contributed by atoms with E-state index in [1.807, 2.05) is 85.1 Å². The fraction of sp³-hybridized carbons (Fsp3) is 0.182. The highest BCUT2D eigenvalue weighted by molar-refractivity contribution is 5.27. The lowest BCUT2D eigenvalue weighted by Gasteiger charge is -2.09. The molecule has 0 spiro atoms. The molecule has 0 aliphatic carbocycles. The Bertz CT molecular complexity index is 635. The van der Waals surface area contributed by atoms with Crippen LogP contribution in [0, 0.1) is 0 Å². The monoisotopic (exact) mass is 320 g/mol. The van der Waals surface area contributed by atoms with Crippen molar-refractivity contribution in [2.24, 2.45) is 0 Å². The van der Waals surface area contributed by atoms with E-state index in [1.165, 1.54) is 5.57 Å². The molecule has 0 atom stereocenters. The van der Waals surface area contributed by atoms with Crippen molar-refractivity contribution in [3.63, 3.8) is 0 Å². The molecular weight excluding hydrogens is 296 g/mol. The first-order valence-electron chi connectivity index (χ1n) is 8.23. The Morgan fingerprint density at radius 3 is 2.04 bits per heavy atom. The maximum absolute atomic E-state index is 5.41. The molecule has 24 heavy (non-hydrogen) atoms. The van der Waals surface area contributed by atoms with E-state index in [2.05, 4.69) is 12.2 Å². The molecule has 2 heteroatoms. The highest BCUT2D eigenvalue weighted by atomic mass is 16.5. The summed E-state index contributed by atoms with van der Waals surface area (Å²) in [5, 5.41) is 0. The smallest absolute Gasteiger partial charge is 0.119 e. The van der Waals surface area contributed by atoms with Gasteiger partial charge in [-0.05, 0) is 30.2 Å². The number of hydrogen-bond acceptors (Lipinski definition) is 2. The third-order valence-corrected chi connectivity index (χ3v) is 3.25. The molecule has 2 nitrogen and oxygen atoms in total. The van der Waals surface area contributed by atoms with Gasteiger partial charge in [-0.25, -0.2) is 0 Å². The number of ether oxygens (including phenoxy) is 2. The quantitative estimate of drug-likeness (QED) is 0.605. The Kier molecular flexibility index (Phi) is 8.82. The lowest BCUT2D eigenvalue weighted by Crippen LogP contribution is -2.03. The van der Waals surface area contributed by atoms with Crippen LogP contribution < -0.4 is 0 Å². The number of rotatable bonds is 7. The van der Waals surface area contributed by atoms with E-state index in [1.54, 1.807) is 0 Å². The molecule has 2 aliphatic rings. The van der Waals surface area contributed by atoms with Crippen LogP contribution in [0.25, 0.3) is 0 Å². The molecule has 0 aromatic carbocycles. The normalized spacial score (nSPS) is 19.3. The molecule has 0 fully saturated rings. The average molecular weight is 320 g/mol. The van der Waals surface area contributed by atoms with Gasteiger partial charge in [0.1, 0.15) is 12.4 Å². The fourth-order valence-electron chi connectivity index (χ4n) is 2.05. The summed E-state index contributed by atoms with van der Waals surface area (Å²) in [6.07, 6.45) is 33.2. The van der Waals surface area contributed by atoms with Gasteiger partial charge < -0.3 is 9.47 Å². The summed E-state index contributed by atoms with van der Waals surface area (Å²) < 4.78 is 10.8. The van der Waals surface area contributed by atoms with Crippen LogP contribution in [-0.4, -0.2) is 19.8 Å². The highest BCUT2D eigenvalue weighted by Gasteiger charge is 1.97. The molecule has 0 amide bonds. The van der Waals surface area contributed by atoms with E-state index < -0.39 is 0 Å². The minimum Gasteiger partial charge on any atom is -0.490 e. The van der Waals surface area contributed by atoms with Crippen molar-refractivity contribution in [1.29, 1.82) is 0 Å². The van der Waals surface area contributed by atoms with Crippen molar-refractivity contribution >= 4 is 0 Å². The molecule has 0 radical (unpaired) electrons. The minimum atomic E-state index is 0.651. The van der Waals surface area contributed by atoms with Gasteiger partial charge in [-0.2, -0.15) is 0 Å². The molecular formula is C22H24O2. The van der Waals surface area contributed by atoms with E-state index in [4.69, 9.17) is 9.47 Å². The summed E-state index contributed by atoms with van der Waals surface area (Å²) in [5.41, 5.74) is 1.25. The van der Waals surface area contributed by atoms with Crippen LogP contribution in [0.1, 0.15) is 6.42 Å². The number of allylic oxidation sites excluding steroid dienone is 13. The van der Waals surface area contributed by atoms with Gasteiger partial charge in [0.25, 0.3) is 0 Å². The predicted molar refractivity (Wildman–Crippen MR) is 102 cm³/mol. The average Bonchev–Trinajstić information content (AvgIpc) is 2.64. The fourth-order valence-corrected chi connectivity index (χ4v) is 2.05. The summed E-state index contributed by atoms with van der Waals surface area (Å²) in [5.74, 6) is 0.889. The molecule has 0 saturated heterocycles. The predicted octanol–water partition coefficient (Wildman–Crippen LogP) is 5.14. The summed E-state index contributed by atoms with van der Waals surface area (Å²) in [7, 11) is 0. The summed E-state index contributed by atoms with van der Waals surface area (Å²) >= 11 is 0. The molecule has 2 aliphatic heterocycles. The van der Waals surface area contributed by atoms with E-state index in [0.717, 1.165) is 25.4 Å². The molecule has 2 rings (SSSR count). The Morgan fingerprint density at radius 2 is 1.46 bits per heavy atom. The van der Waals surface area contributed by atoms with Crippen molar-refractivity contribution in [3.05, 3.63) is 109 Å². The standard InChI is InChI=1S/C22H24O2/c1(3-5-7-9-14-21-15-13-18-23-20-21)2-4-6-8-10-16-22-17-11-12-19-24-22/h1-12,14-17H,13,18-20H2/b3-1+,4-2+,7-5+,8-6+,14-9+,16-10+. The van der Waals surface area contributed by atoms with Crippen LogP contribution in [0.4, 0.5) is 0 Å². The topological polar surface area (TPSA) is 18.5 Å². The summed E-state index contributed by atoms with van der Waals surface area (Å²) in [6, 6.07) is 0. The van der Waals surface area contributed by atoms with Gasteiger partial charge in [0.2, 0.25) is 0 Å². The molecule has 0 bridgehead atoms. The Morgan fingerprint density at radius 1 is 0.792 bits per heavy atom. The third-order valence-electron chi connectivity index (χ3n) is 3.25. The van der Waals surface area contributed by atoms with Crippen molar-refractivity contribution in [2.45, 2.75) is 6.42 Å². The SMILES string of the molecule is C1=CCOC(/C=C/C=C/C=C/C=C/C=C/C=C/C2=CCCOC2)=C1. The van der Waals surface area contributed by atoms with Gasteiger partial charge in [0.15, 0.2) is 0 Å². The summed E-state index contributed by atoms with van der Waals surface area (Å²) in [6.45, 7) is 2.22. The van der Waals surface area contributed by atoms with Gasteiger partial charge in [-0.15, -0.1) is 0 Å². The zero-order chi connectivity index (χ0) is 16.7. The molecule has 0 aromatic heterocycles. The van der Waals surface area contributed by atoms with Crippen LogP contribution in [0.3, 0.4) is 0 Å². The van der Waals surface area contributed by atoms with Crippen molar-refractivity contribution in [1.82, 2.24) is 0 Å². The van der Waals surface area contributed by atoms with Gasteiger partial charge in [0.05, 0.1) is 13.2 Å². The second kappa shape index (κ2) is 11.9. The largest absolute Gasteiger partial charge is 0.490 e. The van der Waals surface area contributed by atoms with E-state index >= 15 is 0 Å². The van der Waals surface area contributed by atoms with Gasteiger partial charge in [-0.3, -0.25) is 0 Å². The molecule has 124 valence electrons. The maximum atomic E-state index is 5.41. The first kappa shape index (κ1) is 17.8. The third kappa shape index (κ3) is 8.16. The van der Waals surface area contributed by atoms with Crippen LogP contribution in [0.15, 0.2) is 109 Å². The van der Waals surface area contributed by atoms with Crippen molar-refractivity contribution in [2.75, 3.05) is 19.8 Å². The van der Waals surface area contributed by atoms with Gasteiger partial charge in [0, 0.05) is 0 Å². The Balaban J connectivity index is 1.62. The molecule has 0 saturated carbocycles. The highest BCUT2D eigenvalue weighted by Crippen LogP contribution is 2.06. The minimum absolute atomic E-state index is 0.651. The Hall–Kier alpha value is -2.58. The van der Waals surface area contributed by atoms with Gasteiger partial charge in [-0.1, -0.05) is 79.0 Å². The maximum Gasteiger partial charge on any atom is 0.119 e. The summed E-state index contributed by atoms with van der Waals surface area (Å²) in [4.78, 5) is 0. The van der Waals surface area contributed by atoms with Crippen LogP contribution in [0.2, 0.25) is 0 Å². The zero-order valence-electron chi connectivity index (χ0n) is 13.9. The first-order chi connectivity index (χ1) is 11.9. The molecule has 2 heterocycles.